The van der Waals surface area contributed by atoms with Crippen molar-refractivity contribution in [2.45, 2.75) is 52.4 Å². The predicted molar refractivity (Wildman–Crippen MR) is 72.8 cm³/mol. The molecule has 2 fully saturated rings. The summed E-state index contributed by atoms with van der Waals surface area (Å²) < 4.78 is 0. The number of nitrogens with zero attached hydrogens (tertiary/aromatic N) is 1. The molecule has 2 aliphatic rings. The van der Waals surface area contributed by atoms with Crippen molar-refractivity contribution < 1.29 is 19.5 Å². The van der Waals surface area contributed by atoms with Crippen LogP contribution in [0.25, 0.3) is 0 Å². The lowest BCUT2D eigenvalue weighted by Gasteiger charge is -2.26. The van der Waals surface area contributed by atoms with Gasteiger partial charge in [0.05, 0.1) is 11.8 Å². The molecule has 0 aromatic heterocycles. The molecule has 0 aromatic rings. The van der Waals surface area contributed by atoms with Gasteiger partial charge < -0.3 is 5.11 Å². The van der Waals surface area contributed by atoms with Crippen LogP contribution in [0.5, 0.6) is 0 Å². The number of carbonyl (C=O) groups is 3. The number of carboxylic acid groups (broad SMARTS) is 1. The third-order valence-corrected chi connectivity index (χ3v) is 4.71. The minimum atomic E-state index is -0.805. The first-order chi connectivity index (χ1) is 9.32. The quantitative estimate of drug-likeness (QED) is 0.756. The summed E-state index contributed by atoms with van der Waals surface area (Å²) in [6, 6.07) is 0. The summed E-state index contributed by atoms with van der Waals surface area (Å²) in [4.78, 5) is 36.4. The Balaban J connectivity index is 1.89. The zero-order valence-corrected chi connectivity index (χ0v) is 12.2. The lowest BCUT2D eigenvalue weighted by Crippen LogP contribution is -2.35. The monoisotopic (exact) mass is 281 g/mol. The molecule has 2 atom stereocenters. The highest BCUT2D eigenvalue weighted by atomic mass is 16.4. The molecule has 1 aliphatic carbocycles. The van der Waals surface area contributed by atoms with Crippen molar-refractivity contribution in [3.05, 3.63) is 0 Å². The van der Waals surface area contributed by atoms with Gasteiger partial charge in [0.1, 0.15) is 0 Å². The zero-order valence-electron chi connectivity index (χ0n) is 12.2. The smallest absolute Gasteiger partial charge is 0.303 e. The molecule has 1 saturated heterocycles. The Morgan fingerprint density at radius 2 is 1.75 bits per heavy atom. The van der Waals surface area contributed by atoms with Gasteiger partial charge in [0.2, 0.25) is 11.8 Å². The Kier molecular flexibility index (Phi) is 4.16. The summed E-state index contributed by atoms with van der Waals surface area (Å²) in [6.45, 7) is 4.40. The van der Waals surface area contributed by atoms with E-state index in [9.17, 15) is 14.4 Å². The Bertz CT molecular complexity index is 408. The van der Waals surface area contributed by atoms with Crippen LogP contribution in [0.15, 0.2) is 0 Å². The second-order valence-corrected chi connectivity index (χ2v) is 6.78. The Morgan fingerprint density at radius 3 is 2.25 bits per heavy atom. The van der Waals surface area contributed by atoms with E-state index in [4.69, 9.17) is 5.11 Å². The summed E-state index contributed by atoms with van der Waals surface area (Å²) in [5.41, 5.74) is -0.170. The molecule has 2 rings (SSSR count). The van der Waals surface area contributed by atoms with Gasteiger partial charge in [0.15, 0.2) is 0 Å². The van der Waals surface area contributed by atoms with Crippen LogP contribution in [0, 0.1) is 17.3 Å². The number of amides is 2. The van der Waals surface area contributed by atoms with Gasteiger partial charge >= 0.3 is 5.97 Å². The molecule has 112 valence electrons. The summed E-state index contributed by atoms with van der Waals surface area (Å²) in [5.74, 6) is -0.978. The third-order valence-electron chi connectivity index (χ3n) is 4.71. The van der Waals surface area contributed by atoms with Gasteiger partial charge in [-0.3, -0.25) is 19.3 Å². The fraction of sp³-hybridized carbons (Fsp3) is 0.800. The second-order valence-electron chi connectivity index (χ2n) is 6.78. The fourth-order valence-electron chi connectivity index (χ4n) is 3.27. The number of likely N-dealkylation sites (tertiary alicyclic amines) is 1. The van der Waals surface area contributed by atoms with E-state index >= 15 is 0 Å². The molecule has 1 heterocycles. The SMILES string of the molecule is CC(C)(CCC(=O)O)CCN1C(=O)C2CCCC2C1=O. The van der Waals surface area contributed by atoms with E-state index in [1.54, 1.807) is 0 Å². The Morgan fingerprint density at radius 1 is 1.20 bits per heavy atom. The van der Waals surface area contributed by atoms with Crippen molar-refractivity contribution in [1.82, 2.24) is 4.90 Å². The number of carboxylic acids is 1. The van der Waals surface area contributed by atoms with Gasteiger partial charge in [0, 0.05) is 13.0 Å². The van der Waals surface area contributed by atoms with Gasteiger partial charge in [-0.05, 0) is 31.1 Å². The molecular weight excluding hydrogens is 258 g/mol. The molecule has 2 unspecified atom stereocenters. The molecule has 0 bridgehead atoms. The molecular formula is C15H23NO4. The van der Waals surface area contributed by atoms with Crippen LogP contribution in [0.1, 0.15) is 52.4 Å². The van der Waals surface area contributed by atoms with Crippen LogP contribution in [-0.2, 0) is 14.4 Å². The van der Waals surface area contributed by atoms with E-state index in [2.05, 4.69) is 0 Å². The van der Waals surface area contributed by atoms with E-state index in [-0.39, 0.29) is 35.5 Å². The van der Waals surface area contributed by atoms with Crippen molar-refractivity contribution in [2.75, 3.05) is 6.54 Å². The normalized spacial score (nSPS) is 26.2. The first kappa shape index (κ1) is 15.0. The molecule has 1 saturated carbocycles. The third kappa shape index (κ3) is 3.02. The Hall–Kier alpha value is -1.39. The minimum Gasteiger partial charge on any atom is -0.481 e. The standard InChI is InChI=1S/C15H23NO4/c1-15(2,7-6-12(17)18)8-9-16-13(19)10-4-3-5-11(10)14(16)20/h10-11H,3-9H2,1-2H3,(H,17,18). The summed E-state index contributed by atoms with van der Waals surface area (Å²) >= 11 is 0. The van der Waals surface area contributed by atoms with Crippen molar-refractivity contribution in [1.29, 1.82) is 0 Å². The highest BCUT2D eigenvalue weighted by Crippen LogP contribution is 2.40. The van der Waals surface area contributed by atoms with Crippen molar-refractivity contribution in [3.63, 3.8) is 0 Å². The lowest BCUT2D eigenvalue weighted by atomic mass is 9.84. The number of hydrogen-bond acceptors (Lipinski definition) is 3. The molecule has 5 heteroatoms. The van der Waals surface area contributed by atoms with Gasteiger partial charge in [-0.25, -0.2) is 0 Å². The number of carbonyl (C=O) groups excluding carboxylic acids is 2. The van der Waals surface area contributed by atoms with Crippen molar-refractivity contribution in [2.24, 2.45) is 17.3 Å². The molecule has 5 nitrogen and oxygen atoms in total. The van der Waals surface area contributed by atoms with Gasteiger partial charge in [-0.1, -0.05) is 20.3 Å². The van der Waals surface area contributed by atoms with Crippen LogP contribution >= 0.6 is 0 Å². The lowest BCUT2D eigenvalue weighted by molar-refractivity contribution is -0.141. The number of rotatable bonds is 6. The highest BCUT2D eigenvalue weighted by Gasteiger charge is 2.49. The second kappa shape index (κ2) is 5.54. The molecule has 0 spiro atoms. The number of imide groups is 1. The van der Waals surface area contributed by atoms with Crippen LogP contribution in [0.4, 0.5) is 0 Å². The Labute approximate surface area is 119 Å². The zero-order chi connectivity index (χ0) is 14.9. The number of aliphatic carboxylic acids is 1. The maximum absolute atomic E-state index is 12.2. The van der Waals surface area contributed by atoms with E-state index in [0.717, 1.165) is 19.3 Å². The van der Waals surface area contributed by atoms with Gasteiger partial charge in [0.25, 0.3) is 0 Å². The molecule has 2 amide bonds. The largest absolute Gasteiger partial charge is 0.481 e. The summed E-state index contributed by atoms with van der Waals surface area (Å²) in [6.07, 6.45) is 4.01. The van der Waals surface area contributed by atoms with E-state index in [0.29, 0.717) is 19.4 Å². The number of hydrogen-bond donors (Lipinski definition) is 1. The molecule has 0 aromatic carbocycles. The van der Waals surface area contributed by atoms with Gasteiger partial charge in [-0.2, -0.15) is 0 Å². The van der Waals surface area contributed by atoms with Crippen LogP contribution < -0.4 is 0 Å². The maximum Gasteiger partial charge on any atom is 0.303 e. The van der Waals surface area contributed by atoms with Crippen molar-refractivity contribution >= 4 is 17.8 Å². The summed E-state index contributed by atoms with van der Waals surface area (Å²) in [7, 11) is 0. The minimum absolute atomic E-state index is 0.00784. The van der Waals surface area contributed by atoms with Crippen LogP contribution in [0.2, 0.25) is 0 Å². The van der Waals surface area contributed by atoms with E-state index in [1.807, 2.05) is 13.8 Å². The average molecular weight is 281 g/mol. The number of fused-ring (bicyclic) bond motifs is 1. The summed E-state index contributed by atoms with van der Waals surface area (Å²) in [5, 5.41) is 8.73. The van der Waals surface area contributed by atoms with Crippen molar-refractivity contribution in [3.8, 4) is 0 Å². The van der Waals surface area contributed by atoms with Crippen LogP contribution in [0.3, 0.4) is 0 Å². The fourth-order valence-corrected chi connectivity index (χ4v) is 3.27. The molecule has 1 aliphatic heterocycles. The maximum atomic E-state index is 12.2. The molecule has 1 N–H and O–H groups in total. The molecule has 20 heavy (non-hydrogen) atoms. The van der Waals surface area contributed by atoms with E-state index < -0.39 is 5.97 Å². The topological polar surface area (TPSA) is 74.7 Å². The average Bonchev–Trinajstić information content (AvgIpc) is 2.92. The molecule has 0 radical (unpaired) electrons. The first-order valence-corrected chi connectivity index (χ1v) is 7.39. The van der Waals surface area contributed by atoms with Crippen LogP contribution in [-0.4, -0.2) is 34.3 Å². The predicted octanol–water partition coefficient (Wildman–Crippen LogP) is 2.05. The van der Waals surface area contributed by atoms with Gasteiger partial charge in [-0.15, -0.1) is 0 Å². The van der Waals surface area contributed by atoms with E-state index in [1.165, 1.54) is 4.90 Å². The highest BCUT2D eigenvalue weighted by molar-refractivity contribution is 6.05. The first-order valence-electron chi connectivity index (χ1n) is 7.39.